The molecule has 0 spiro atoms. The molecule has 1 aliphatic rings. The van der Waals surface area contributed by atoms with Crippen molar-refractivity contribution in [1.29, 1.82) is 0 Å². The summed E-state index contributed by atoms with van der Waals surface area (Å²) in [5.74, 6) is 0.738. The molecule has 0 N–H and O–H groups in total. The fourth-order valence-electron chi connectivity index (χ4n) is 2.41. The molecule has 9 heteroatoms. The van der Waals surface area contributed by atoms with Gasteiger partial charge in [-0.05, 0) is 36.4 Å². The summed E-state index contributed by atoms with van der Waals surface area (Å²) < 4.78 is 47.4. The normalized spacial score (nSPS) is 12.5. The van der Waals surface area contributed by atoms with Crippen LogP contribution in [0.25, 0.3) is 0 Å². The topological polar surface area (TPSA) is 91.4 Å². The SMILES string of the molecule is COC(=O)CN(c1ccc2c(c1)OCO2)S(=O)(=O)c1ccc(OC)cc1. The molecule has 2 aromatic rings. The van der Waals surface area contributed by atoms with Crippen molar-refractivity contribution < 1.29 is 32.2 Å². The monoisotopic (exact) mass is 379 g/mol. The van der Waals surface area contributed by atoms with Crippen molar-refractivity contribution >= 4 is 21.7 Å². The van der Waals surface area contributed by atoms with E-state index in [1.165, 1.54) is 50.6 Å². The smallest absolute Gasteiger partial charge is 0.326 e. The quantitative estimate of drug-likeness (QED) is 0.707. The van der Waals surface area contributed by atoms with Gasteiger partial charge in [0.1, 0.15) is 12.3 Å². The summed E-state index contributed by atoms with van der Waals surface area (Å²) in [4.78, 5) is 11.8. The predicted molar refractivity (Wildman–Crippen MR) is 92.1 cm³/mol. The van der Waals surface area contributed by atoms with E-state index in [1.54, 1.807) is 6.07 Å². The molecule has 8 nitrogen and oxygen atoms in total. The second kappa shape index (κ2) is 7.12. The van der Waals surface area contributed by atoms with Gasteiger partial charge in [-0.1, -0.05) is 0 Å². The molecule has 1 aliphatic heterocycles. The van der Waals surface area contributed by atoms with Crippen molar-refractivity contribution in [3.8, 4) is 17.2 Å². The van der Waals surface area contributed by atoms with Crippen LogP contribution in [0.3, 0.4) is 0 Å². The lowest BCUT2D eigenvalue weighted by Crippen LogP contribution is -2.36. The van der Waals surface area contributed by atoms with Gasteiger partial charge in [0.25, 0.3) is 10.0 Å². The average molecular weight is 379 g/mol. The van der Waals surface area contributed by atoms with Crippen LogP contribution in [-0.2, 0) is 19.6 Å². The summed E-state index contributed by atoms with van der Waals surface area (Å²) in [5, 5.41) is 0. The van der Waals surface area contributed by atoms with Crippen LogP contribution in [-0.4, -0.2) is 41.9 Å². The molecule has 0 atom stereocenters. The number of hydrogen-bond donors (Lipinski definition) is 0. The highest BCUT2D eigenvalue weighted by molar-refractivity contribution is 7.92. The number of carbonyl (C=O) groups excluding carboxylic acids is 1. The van der Waals surface area contributed by atoms with Gasteiger partial charge in [0.2, 0.25) is 6.79 Å². The van der Waals surface area contributed by atoms with Crippen molar-refractivity contribution in [3.05, 3.63) is 42.5 Å². The van der Waals surface area contributed by atoms with Crippen molar-refractivity contribution in [2.24, 2.45) is 0 Å². The molecule has 0 saturated carbocycles. The van der Waals surface area contributed by atoms with E-state index in [0.29, 0.717) is 17.2 Å². The Morgan fingerprint density at radius 2 is 1.77 bits per heavy atom. The number of carbonyl (C=O) groups is 1. The van der Waals surface area contributed by atoms with Gasteiger partial charge in [-0.25, -0.2) is 8.42 Å². The number of hydrogen-bond acceptors (Lipinski definition) is 7. The highest BCUT2D eigenvalue weighted by Crippen LogP contribution is 2.37. The van der Waals surface area contributed by atoms with Crippen molar-refractivity contribution in [3.63, 3.8) is 0 Å². The average Bonchev–Trinajstić information content (AvgIpc) is 3.13. The number of nitrogens with zero attached hydrogens (tertiary/aromatic N) is 1. The summed E-state index contributed by atoms with van der Waals surface area (Å²) in [6.07, 6.45) is 0. The Kier molecular flexibility index (Phi) is 4.90. The molecular weight excluding hydrogens is 362 g/mol. The Balaban J connectivity index is 2.03. The van der Waals surface area contributed by atoms with Crippen LogP contribution in [0.1, 0.15) is 0 Å². The first-order valence-corrected chi connectivity index (χ1v) is 9.03. The molecule has 0 amide bonds. The van der Waals surface area contributed by atoms with Crippen molar-refractivity contribution in [2.45, 2.75) is 4.90 Å². The van der Waals surface area contributed by atoms with Gasteiger partial charge in [0, 0.05) is 6.07 Å². The molecule has 26 heavy (non-hydrogen) atoms. The molecule has 0 bridgehead atoms. The van der Waals surface area contributed by atoms with Crippen LogP contribution in [0.15, 0.2) is 47.4 Å². The lowest BCUT2D eigenvalue weighted by molar-refractivity contribution is -0.138. The Morgan fingerprint density at radius 3 is 2.42 bits per heavy atom. The van der Waals surface area contributed by atoms with Crippen LogP contribution < -0.4 is 18.5 Å². The molecule has 2 aromatic carbocycles. The molecule has 0 radical (unpaired) electrons. The van der Waals surface area contributed by atoms with E-state index in [-0.39, 0.29) is 17.4 Å². The zero-order valence-electron chi connectivity index (χ0n) is 14.2. The number of ether oxygens (including phenoxy) is 4. The predicted octanol–water partition coefficient (Wildman–Crippen LogP) is 1.79. The number of sulfonamides is 1. The fourth-order valence-corrected chi connectivity index (χ4v) is 3.81. The Hall–Kier alpha value is -2.94. The maximum Gasteiger partial charge on any atom is 0.326 e. The Morgan fingerprint density at radius 1 is 1.08 bits per heavy atom. The molecule has 0 aliphatic carbocycles. The van der Waals surface area contributed by atoms with Gasteiger partial charge in [0.05, 0.1) is 24.8 Å². The van der Waals surface area contributed by atoms with Crippen LogP contribution in [0.4, 0.5) is 5.69 Å². The van der Waals surface area contributed by atoms with Crippen molar-refractivity contribution in [2.75, 3.05) is 31.9 Å². The largest absolute Gasteiger partial charge is 0.497 e. The van der Waals surface area contributed by atoms with Gasteiger partial charge < -0.3 is 18.9 Å². The maximum atomic E-state index is 13.1. The van der Waals surface area contributed by atoms with E-state index < -0.39 is 22.5 Å². The van der Waals surface area contributed by atoms with Crippen LogP contribution in [0.2, 0.25) is 0 Å². The van der Waals surface area contributed by atoms with Gasteiger partial charge in [-0.2, -0.15) is 0 Å². The highest BCUT2D eigenvalue weighted by atomic mass is 32.2. The minimum atomic E-state index is -4.02. The summed E-state index contributed by atoms with van der Waals surface area (Å²) >= 11 is 0. The number of rotatable bonds is 6. The minimum absolute atomic E-state index is 0.0138. The first kappa shape index (κ1) is 17.9. The molecular formula is C17H17NO7S. The van der Waals surface area contributed by atoms with E-state index in [2.05, 4.69) is 4.74 Å². The molecule has 0 aromatic heterocycles. The van der Waals surface area contributed by atoms with Gasteiger partial charge in [-0.3, -0.25) is 9.10 Å². The van der Waals surface area contributed by atoms with E-state index in [1.807, 2.05) is 0 Å². The third kappa shape index (κ3) is 3.38. The molecule has 3 rings (SSSR count). The first-order valence-electron chi connectivity index (χ1n) is 7.59. The lowest BCUT2D eigenvalue weighted by Gasteiger charge is -2.23. The van der Waals surface area contributed by atoms with Gasteiger partial charge in [-0.15, -0.1) is 0 Å². The second-order valence-electron chi connectivity index (χ2n) is 5.30. The summed E-state index contributed by atoms with van der Waals surface area (Å²) in [5.41, 5.74) is 0.260. The zero-order chi connectivity index (χ0) is 18.7. The van der Waals surface area contributed by atoms with Crippen molar-refractivity contribution in [1.82, 2.24) is 0 Å². The summed E-state index contributed by atoms with van der Waals surface area (Å²) in [7, 11) is -1.34. The van der Waals surface area contributed by atoms with E-state index in [4.69, 9.17) is 14.2 Å². The Bertz CT molecular complexity index is 909. The standard InChI is InChI=1S/C17H17NO7S/c1-22-13-4-6-14(7-5-13)26(20,21)18(10-17(19)23-2)12-3-8-15-16(9-12)25-11-24-15/h3-9H,10-11H2,1-2H3. The number of benzene rings is 2. The third-order valence-electron chi connectivity index (χ3n) is 3.79. The third-order valence-corrected chi connectivity index (χ3v) is 5.58. The van der Waals surface area contributed by atoms with E-state index in [9.17, 15) is 13.2 Å². The first-order chi connectivity index (χ1) is 12.5. The number of methoxy groups -OCH3 is 2. The number of anilines is 1. The Labute approximate surface area is 150 Å². The summed E-state index contributed by atoms with van der Waals surface area (Å²) in [6, 6.07) is 10.5. The molecule has 0 fully saturated rings. The number of fused-ring (bicyclic) bond motifs is 1. The highest BCUT2D eigenvalue weighted by Gasteiger charge is 2.29. The van der Waals surface area contributed by atoms with E-state index in [0.717, 1.165) is 4.31 Å². The van der Waals surface area contributed by atoms with Crippen LogP contribution in [0.5, 0.6) is 17.2 Å². The maximum absolute atomic E-state index is 13.1. The lowest BCUT2D eigenvalue weighted by atomic mass is 10.3. The molecule has 1 heterocycles. The van der Waals surface area contributed by atoms with Gasteiger partial charge >= 0.3 is 5.97 Å². The van der Waals surface area contributed by atoms with E-state index >= 15 is 0 Å². The molecule has 0 unspecified atom stereocenters. The fraction of sp³-hybridized carbons (Fsp3) is 0.235. The summed E-state index contributed by atoms with van der Waals surface area (Å²) in [6.45, 7) is -0.425. The molecule has 138 valence electrons. The van der Waals surface area contributed by atoms with Crippen LogP contribution >= 0.6 is 0 Å². The van der Waals surface area contributed by atoms with Gasteiger partial charge in [0.15, 0.2) is 11.5 Å². The zero-order valence-corrected chi connectivity index (χ0v) is 15.0. The minimum Gasteiger partial charge on any atom is -0.497 e. The molecule has 0 saturated heterocycles. The van der Waals surface area contributed by atoms with Crippen LogP contribution in [0, 0.1) is 0 Å². The number of esters is 1. The second-order valence-corrected chi connectivity index (χ2v) is 7.16.